The molecule has 0 saturated carbocycles. The molecular formula is C14H12F2N2O. The molecule has 0 aromatic heterocycles. The van der Waals surface area contributed by atoms with Gasteiger partial charge < -0.3 is 11.1 Å². The van der Waals surface area contributed by atoms with Crippen molar-refractivity contribution in [2.45, 2.75) is 6.54 Å². The second-order valence-electron chi connectivity index (χ2n) is 4.02. The van der Waals surface area contributed by atoms with Gasteiger partial charge in [0.15, 0.2) is 11.6 Å². The van der Waals surface area contributed by atoms with E-state index in [-0.39, 0.29) is 12.2 Å². The summed E-state index contributed by atoms with van der Waals surface area (Å²) in [6.45, 7) is 0.265. The van der Waals surface area contributed by atoms with Gasteiger partial charge in [0, 0.05) is 12.1 Å². The van der Waals surface area contributed by atoms with Crippen LogP contribution in [0.25, 0.3) is 0 Å². The fraction of sp³-hybridized carbons (Fsp3) is 0.0714. The Balaban J connectivity index is 2.12. The van der Waals surface area contributed by atoms with Gasteiger partial charge in [-0.05, 0) is 29.8 Å². The van der Waals surface area contributed by atoms with Crippen LogP contribution < -0.4 is 11.1 Å². The van der Waals surface area contributed by atoms with Gasteiger partial charge in [0.05, 0.1) is 5.69 Å². The largest absolute Gasteiger partial charge is 0.379 e. The number of halogens is 2. The molecule has 0 fully saturated rings. The van der Waals surface area contributed by atoms with E-state index < -0.39 is 17.5 Å². The zero-order valence-electron chi connectivity index (χ0n) is 9.99. The van der Waals surface area contributed by atoms with Crippen molar-refractivity contribution in [3.05, 3.63) is 65.2 Å². The third-order valence-electron chi connectivity index (χ3n) is 2.65. The first kappa shape index (κ1) is 13.0. The zero-order valence-corrected chi connectivity index (χ0v) is 9.99. The summed E-state index contributed by atoms with van der Waals surface area (Å²) in [6, 6.07) is 10.5. The molecule has 0 aliphatic heterocycles. The molecule has 3 nitrogen and oxygen atoms in total. The van der Waals surface area contributed by atoms with E-state index in [2.05, 4.69) is 5.32 Å². The first-order valence-corrected chi connectivity index (χ1v) is 5.64. The van der Waals surface area contributed by atoms with Crippen molar-refractivity contribution >= 4 is 11.6 Å². The average molecular weight is 262 g/mol. The minimum absolute atomic E-state index is 0.0736. The van der Waals surface area contributed by atoms with Crippen LogP contribution >= 0.6 is 0 Å². The van der Waals surface area contributed by atoms with Gasteiger partial charge in [0.25, 0.3) is 0 Å². The quantitative estimate of drug-likeness (QED) is 0.890. The number of anilines is 1. The third kappa shape index (κ3) is 3.07. The Kier molecular flexibility index (Phi) is 3.75. The van der Waals surface area contributed by atoms with E-state index in [4.69, 9.17) is 5.73 Å². The highest BCUT2D eigenvalue weighted by atomic mass is 19.2. The molecule has 0 aliphatic carbocycles. The van der Waals surface area contributed by atoms with Crippen molar-refractivity contribution in [1.82, 2.24) is 0 Å². The summed E-state index contributed by atoms with van der Waals surface area (Å²) in [5, 5.41) is 2.77. The minimum Gasteiger partial charge on any atom is -0.379 e. The lowest BCUT2D eigenvalue weighted by Crippen LogP contribution is -2.11. The normalized spacial score (nSPS) is 10.2. The van der Waals surface area contributed by atoms with Crippen LogP contribution in [0.4, 0.5) is 14.5 Å². The van der Waals surface area contributed by atoms with Crippen molar-refractivity contribution < 1.29 is 13.6 Å². The Hall–Kier alpha value is -2.43. The van der Waals surface area contributed by atoms with Crippen LogP contribution in [0.2, 0.25) is 0 Å². The summed E-state index contributed by atoms with van der Waals surface area (Å²) in [6.07, 6.45) is 0. The van der Waals surface area contributed by atoms with E-state index in [9.17, 15) is 13.6 Å². The summed E-state index contributed by atoms with van der Waals surface area (Å²) in [5.74, 6) is -2.36. The first-order chi connectivity index (χ1) is 9.08. The fourth-order valence-corrected chi connectivity index (χ4v) is 1.67. The molecule has 0 unspecified atom stereocenters. The average Bonchev–Trinajstić information content (AvgIpc) is 2.41. The van der Waals surface area contributed by atoms with Gasteiger partial charge in [-0.25, -0.2) is 8.78 Å². The molecule has 1 amide bonds. The monoisotopic (exact) mass is 262 g/mol. The highest BCUT2D eigenvalue weighted by Crippen LogP contribution is 2.17. The highest BCUT2D eigenvalue weighted by molar-refractivity contribution is 5.92. The van der Waals surface area contributed by atoms with E-state index in [0.29, 0.717) is 5.56 Å². The number of amides is 1. The topological polar surface area (TPSA) is 55.1 Å². The van der Waals surface area contributed by atoms with E-state index in [0.717, 1.165) is 11.6 Å². The molecule has 0 saturated heterocycles. The van der Waals surface area contributed by atoms with Crippen LogP contribution in [-0.2, 0) is 6.54 Å². The van der Waals surface area contributed by atoms with E-state index in [1.807, 2.05) is 0 Å². The van der Waals surface area contributed by atoms with Crippen LogP contribution in [0, 0.1) is 11.6 Å². The maximum atomic E-state index is 13.4. The van der Waals surface area contributed by atoms with Crippen LogP contribution in [0.5, 0.6) is 0 Å². The van der Waals surface area contributed by atoms with Gasteiger partial charge >= 0.3 is 0 Å². The molecule has 0 heterocycles. The summed E-state index contributed by atoms with van der Waals surface area (Å²) in [5.41, 5.74) is 6.36. The van der Waals surface area contributed by atoms with Crippen molar-refractivity contribution in [3.8, 4) is 0 Å². The van der Waals surface area contributed by atoms with Gasteiger partial charge in [0.2, 0.25) is 5.91 Å². The predicted octanol–water partition coefficient (Wildman–Crippen LogP) is 2.68. The molecule has 2 aromatic rings. The Morgan fingerprint density at radius 3 is 2.63 bits per heavy atom. The van der Waals surface area contributed by atoms with Crippen molar-refractivity contribution in [2.75, 3.05) is 5.32 Å². The molecule has 98 valence electrons. The zero-order chi connectivity index (χ0) is 13.8. The van der Waals surface area contributed by atoms with Crippen LogP contribution in [-0.4, -0.2) is 5.91 Å². The molecule has 0 bridgehead atoms. The number of benzene rings is 2. The van der Waals surface area contributed by atoms with Gasteiger partial charge in [-0.1, -0.05) is 18.2 Å². The van der Waals surface area contributed by atoms with Crippen LogP contribution in [0.15, 0.2) is 42.5 Å². The number of carbonyl (C=O) groups excluding carboxylic acids is 1. The second kappa shape index (κ2) is 5.48. The number of primary amides is 1. The molecule has 2 aromatic carbocycles. The number of hydrogen-bond acceptors (Lipinski definition) is 2. The lowest BCUT2D eigenvalue weighted by atomic mass is 10.1. The van der Waals surface area contributed by atoms with Crippen molar-refractivity contribution in [3.63, 3.8) is 0 Å². The van der Waals surface area contributed by atoms with Crippen LogP contribution in [0.1, 0.15) is 15.9 Å². The third-order valence-corrected chi connectivity index (χ3v) is 2.65. The standard InChI is InChI=1S/C14H12F2N2O/c15-11-5-2-6-12(13(11)16)18-8-9-3-1-4-10(7-9)14(17)19/h1-7,18H,8H2,(H2,17,19). The number of rotatable bonds is 4. The summed E-state index contributed by atoms with van der Waals surface area (Å²) >= 11 is 0. The Morgan fingerprint density at radius 2 is 1.89 bits per heavy atom. The molecular weight excluding hydrogens is 250 g/mol. The summed E-state index contributed by atoms with van der Waals surface area (Å²) in [4.78, 5) is 11.0. The van der Waals surface area contributed by atoms with Crippen molar-refractivity contribution in [1.29, 1.82) is 0 Å². The minimum atomic E-state index is -0.923. The SMILES string of the molecule is NC(=O)c1cccc(CNc2cccc(F)c2F)c1. The number of carbonyl (C=O) groups is 1. The van der Waals surface area contributed by atoms with Crippen LogP contribution in [0.3, 0.4) is 0 Å². The van der Waals surface area contributed by atoms with E-state index in [1.54, 1.807) is 24.3 Å². The molecule has 5 heteroatoms. The lowest BCUT2D eigenvalue weighted by molar-refractivity contribution is 0.1000. The van der Waals surface area contributed by atoms with E-state index >= 15 is 0 Å². The second-order valence-corrected chi connectivity index (χ2v) is 4.02. The Bertz CT molecular complexity index is 614. The number of nitrogens with one attached hydrogen (secondary N) is 1. The smallest absolute Gasteiger partial charge is 0.248 e. The maximum Gasteiger partial charge on any atom is 0.248 e. The maximum absolute atomic E-state index is 13.4. The molecule has 0 radical (unpaired) electrons. The summed E-state index contributed by atoms with van der Waals surface area (Å²) in [7, 11) is 0. The number of nitrogens with two attached hydrogens (primary N) is 1. The van der Waals surface area contributed by atoms with Crippen molar-refractivity contribution in [2.24, 2.45) is 5.73 Å². The molecule has 0 atom stereocenters. The Labute approximate surface area is 109 Å². The molecule has 0 aliphatic rings. The Morgan fingerprint density at radius 1 is 1.16 bits per heavy atom. The first-order valence-electron chi connectivity index (χ1n) is 5.64. The summed E-state index contributed by atoms with van der Waals surface area (Å²) < 4.78 is 26.4. The van der Waals surface area contributed by atoms with Gasteiger partial charge in [-0.15, -0.1) is 0 Å². The number of hydrogen-bond donors (Lipinski definition) is 2. The van der Waals surface area contributed by atoms with E-state index in [1.165, 1.54) is 12.1 Å². The van der Waals surface area contributed by atoms with Gasteiger partial charge in [-0.2, -0.15) is 0 Å². The molecule has 0 spiro atoms. The highest BCUT2D eigenvalue weighted by Gasteiger charge is 2.07. The predicted molar refractivity (Wildman–Crippen MR) is 68.6 cm³/mol. The van der Waals surface area contributed by atoms with Gasteiger partial charge in [0.1, 0.15) is 0 Å². The van der Waals surface area contributed by atoms with Gasteiger partial charge in [-0.3, -0.25) is 4.79 Å². The lowest BCUT2D eigenvalue weighted by Gasteiger charge is -2.08. The fourth-order valence-electron chi connectivity index (χ4n) is 1.67. The molecule has 3 N–H and O–H groups in total. The molecule has 2 rings (SSSR count). The molecule has 19 heavy (non-hydrogen) atoms.